The first-order valence-corrected chi connectivity index (χ1v) is 44.8. The second-order valence-electron chi connectivity index (χ2n) is 36.0. The third-order valence-corrected chi connectivity index (χ3v) is 26.9. The third kappa shape index (κ3) is 20.6. The van der Waals surface area contributed by atoms with Crippen LogP contribution in [-0.2, 0) is 79.9 Å². The minimum atomic E-state index is -4.54. The maximum atomic E-state index is 14.6. The van der Waals surface area contributed by atoms with Gasteiger partial charge in [-0.3, -0.25) is 33.9 Å². The minimum Gasteiger partial charge on any atom is -0.493 e. The first kappa shape index (κ1) is 99.0. The summed E-state index contributed by atoms with van der Waals surface area (Å²) in [6.07, 6.45) is -14.5. The van der Waals surface area contributed by atoms with Crippen molar-refractivity contribution in [3.8, 4) is 34.8 Å². The minimum absolute atomic E-state index is 0. The molecule has 0 aliphatic carbocycles. The fraction of sp³-hybridized carbons (Fsp3) is 0.526. The zero-order valence-electron chi connectivity index (χ0n) is 75.9. The molecule has 16 rings (SSSR count). The smallest absolute Gasteiger partial charge is 0.431 e. The van der Waals surface area contributed by atoms with Crippen LogP contribution in [0.15, 0.2) is 115 Å². The Morgan fingerprint density at radius 2 is 0.879 bits per heavy atom. The van der Waals surface area contributed by atoms with Gasteiger partial charge < -0.3 is 72.0 Å². The second-order valence-corrected chi connectivity index (χ2v) is 36.5. The van der Waals surface area contributed by atoms with Gasteiger partial charge in [-0.25, -0.2) is 4.39 Å². The Hall–Kier alpha value is -10.5. The number of fused-ring (bicyclic) bond motifs is 8. The van der Waals surface area contributed by atoms with Crippen LogP contribution in [0.2, 0.25) is 5.02 Å². The molecule has 37 heteroatoms. The Morgan fingerprint density at radius 1 is 0.455 bits per heavy atom. The molecule has 4 spiro atoms. The molecule has 12 heterocycles. The maximum Gasteiger partial charge on any atom is 0.431 e. The summed E-state index contributed by atoms with van der Waals surface area (Å²) in [6.45, 7) is 21.4. The van der Waals surface area contributed by atoms with E-state index in [0.29, 0.717) is 215 Å². The average Bonchev–Trinajstić information content (AvgIpc) is 1.57. The fourth-order valence-electron chi connectivity index (χ4n) is 20.1. The molecule has 132 heavy (non-hydrogen) atoms. The summed E-state index contributed by atoms with van der Waals surface area (Å²) in [6, 6.07) is 31.1. The molecule has 4 amide bonds. The number of carbonyl (C=O) groups excluding carboxylic acids is 4. The molecule has 2 N–H and O–H groups in total. The van der Waals surface area contributed by atoms with Gasteiger partial charge in [-0.15, -0.1) is 0 Å². The van der Waals surface area contributed by atoms with Crippen molar-refractivity contribution in [1.82, 2.24) is 57.9 Å². The number of nitrogens with zero attached hydrogens (tertiary/aromatic N) is 12. The molecule has 8 aliphatic rings. The molecular weight excluding hydrogens is 1770 g/mol. The van der Waals surface area contributed by atoms with Gasteiger partial charge in [0.05, 0.1) is 88.6 Å². The van der Waals surface area contributed by atoms with Gasteiger partial charge in [0.2, 0.25) is 0 Å². The van der Waals surface area contributed by atoms with E-state index in [1.54, 1.807) is 101 Å². The number of hydrogen-bond donors (Lipinski definition) is 2. The Balaban J connectivity index is 0.000000160. The molecule has 8 aliphatic heterocycles. The molecule has 4 aromatic carbocycles. The highest BCUT2D eigenvalue weighted by Crippen LogP contribution is 2.50. The summed E-state index contributed by atoms with van der Waals surface area (Å²) in [5.74, 6) is 0.994. The predicted molar refractivity (Wildman–Crippen MR) is 469 cm³/mol. The largest absolute Gasteiger partial charge is 0.493 e. The lowest BCUT2D eigenvalue weighted by Gasteiger charge is -2.50. The van der Waals surface area contributed by atoms with Crippen LogP contribution in [0.4, 0.5) is 57.1 Å². The van der Waals surface area contributed by atoms with Crippen LogP contribution in [0.3, 0.4) is 0 Å². The highest BCUT2D eigenvalue weighted by molar-refractivity contribution is 6.32. The van der Waals surface area contributed by atoms with Crippen molar-refractivity contribution >= 4 is 35.2 Å². The summed E-state index contributed by atoms with van der Waals surface area (Å²) < 4.78 is 209. The Morgan fingerprint density at radius 3 is 1.36 bits per heavy atom. The van der Waals surface area contributed by atoms with Crippen molar-refractivity contribution < 1.29 is 106 Å². The molecule has 0 saturated carbocycles. The predicted octanol–water partition coefficient (Wildman–Crippen LogP) is 17.6. The maximum absolute atomic E-state index is 14.6. The lowest BCUT2D eigenvalue weighted by Crippen LogP contribution is -2.57. The molecule has 0 radical (unpaired) electrons. The van der Waals surface area contributed by atoms with Crippen LogP contribution in [0.1, 0.15) is 206 Å². The molecular formula is C95H115ClF13N13O10. The molecule has 4 aromatic heterocycles. The lowest BCUT2D eigenvalue weighted by atomic mass is 9.80. The number of piperidine rings is 4. The van der Waals surface area contributed by atoms with E-state index in [4.69, 9.17) is 35.3 Å². The summed E-state index contributed by atoms with van der Waals surface area (Å²) >= 11 is 6.29. The number of aliphatic hydroxyl groups excluding tert-OH is 1. The average molecular weight is 1880 g/mol. The van der Waals surface area contributed by atoms with E-state index in [0.717, 1.165) is 23.9 Å². The first-order chi connectivity index (χ1) is 62.2. The number of alkyl halides is 12. The van der Waals surface area contributed by atoms with Gasteiger partial charge in [-0.05, 0) is 237 Å². The Bertz CT molecular complexity index is 5530. The van der Waals surface area contributed by atoms with E-state index < -0.39 is 76.5 Å². The summed E-state index contributed by atoms with van der Waals surface area (Å²) in [5, 5.41) is 23.1. The van der Waals surface area contributed by atoms with E-state index in [2.05, 4.69) is 15.1 Å². The van der Waals surface area contributed by atoms with Crippen LogP contribution in [0, 0.1) is 17.1 Å². The number of nitriles is 1. The van der Waals surface area contributed by atoms with Crippen LogP contribution < -0.4 is 29.0 Å². The zero-order valence-corrected chi connectivity index (χ0v) is 76.7. The highest BCUT2D eigenvalue weighted by atomic mass is 35.5. The summed E-state index contributed by atoms with van der Waals surface area (Å²) in [7, 11) is 7.35. The number of hydrogen-bond acceptors (Lipinski definition) is 15. The van der Waals surface area contributed by atoms with Crippen molar-refractivity contribution in [2.24, 2.45) is 0 Å². The molecule has 0 atom stereocenters. The molecule has 23 nitrogen and oxygen atoms in total. The molecule has 718 valence electrons. The molecule has 4 saturated heterocycles. The van der Waals surface area contributed by atoms with Crippen molar-refractivity contribution in [3.63, 3.8) is 0 Å². The number of methoxy groups -OCH3 is 1. The van der Waals surface area contributed by atoms with Gasteiger partial charge in [-0.1, -0.05) is 11.6 Å². The van der Waals surface area contributed by atoms with Gasteiger partial charge in [-0.2, -0.15) is 57.9 Å². The molecule has 0 bridgehead atoms. The van der Waals surface area contributed by atoms with Crippen LogP contribution >= 0.6 is 11.6 Å². The number of nitrogens with one attached hydrogen (secondary N) is 1. The fourth-order valence-corrected chi connectivity index (χ4v) is 20.3. The number of benzene rings is 4. The number of rotatable bonds is 15. The third-order valence-electron chi connectivity index (χ3n) is 26.6. The van der Waals surface area contributed by atoms with Gasteiger partial charge in [0.15, 0.2) is 11.5 Å². The number of amides is 4. The van der Waals surface area contributed by atoms with Crippen molar-refractivity contribution in [2.45, 2.75) is 217 Å². The summed E-state index contributed by atoms with van der Waals surface area (Å²) in [5.41, 5.74) is 0.583. The standard InChI is InChI=1S/C25H32F3N3O3.C24H26ClF3N4O2.C23H27F4N3O2.C23H28F3N3O3.H2/c1-17(2)34-20-7-5-18(15-21(20)33-4)23(32)30-11-9-24(10-12-30)22-8-6-19(16-25(26,27)28)31(22)14-13-29(24)3;1-15(2)34-19-5-4-16(12-18(19)25)22(33)31-8-6-23(7-9-31)21-17(14-29)13-20(24(26,27)28)32(21)11-10-30(23)3;1-15(2)32-16-4-5-17(18(24)14-16)21(31)29-10-8-22(9-11-29)19-6-7-20(23(25,26)27)30(19)13-12-28(22)3;1-15(2)32-18-4-3-16(13-17(18)14-30)21(31)28-10-7-22(8-11-28)19-5-6-20(23(24,25)26)29(19)12-9-27-22;/h5-8,15,17H,9-14,16H2,1-4H3;4-5,12-13,15H,6-11H2,1-3H3;4-7,14-15H,8-13H2,1-3H3;3-6,13,15,27,30H,7-12,14H2,1-2H3;1H. The van der Waals surface area contributed by atoms with Crippen LogP contribution in [-0.4, -0.2) is 219 Å². The second kappa shape index (κ2) is 39.2. The van der Waals surface area contributed by atoms with E-state index in [-0.39, 0.29) is 86.5 Å². The van der Waals surface area contributed by atoms with E-state index >= 15 is 0 Å². The first-order valence-electron chi connectivity index (χ1n) is 44.4. The number of ether oxygens (including phenoxy) is 5. The Kier molecular flexibility index (Phi) is 29.4. The topological polar surface area (TPSA) is 213 Å². The summed E-state index contributed by atoms with van der Waals surface area (Å²) in [4.78, 5) is 65.6. The zero-order chi connectivity index (χ0) is 95.9. The number of carbonyl (C=O) groups is 4. The van der Waals surface area contributed by atoms with Gasteiger partial charge in [0.1, 0.15) is 46.2 Å². The normalized spacial score (nSPS) is 18.3. The number of aliphatic hydroxyl groups is 1. The van der Waals surface area contributed by atoms with Crippen LogP contribution in [0.25, 0.3) is 0 Å². The molecule has 8 aromatic rings. The number of likely N-dealkylation sites (tertiary alicyclic amines) is 4. The van der Waals surface area contributed by atoms with Crippen LogP contribution in [0.5, 0.6) is 28.7 Å². The number of likely N-dealkylation sites (N-methyl/N-ethyl adjacent to an activating group) is 3. The van der Waals surface area contributed by atoms with Crippen molar-refractivity contribution in [3.05, 3.63) is 205 Å². The lowest BCUT2D eigenvalue weighted by molar-refractivity contribution is -0.145. The molecule has 0 unspecified atom stereocenters. The monoisotopic (exact) mass is 1880 g/mol. The SMILES string of the molecule is CC(C)Oc1ccc(C(=O)N2CCC3(CC2)NCCn2c(C(F)(F)F)ccc23)cc1CO.CC(C)Oc1ccc(C(=O)N2CCC3(CC2)c2c(C#N)cc(C(F)(F)F)n2CCN3C)cc1Cl.CC(C)Oc1ccc(C(=O)N2CCC3(CC2)c2ccc(C(F)(F)F)n2CCN3C)c(F)c1.COc1cc(C(=O)N2CCC3(CC2)c2ccc(CC(F)(F)F)n2CCN3C)ccc1OC(C)C.[HH]. The molecule has 4 fully saturated rings. The van der Waals surface area contributed by atoms with Gasteiger partial charge in [0, 0.05) is 157 Å². The van der Waals surface area contributed by atoms with E-state index in [1.165, 1.54) is 25.8 Å². The quantitative estimate of drug-likeness (QED) is 0.0914. The van der Waals surface area contributed by atoms with E-state index in [1.807, 2.05) is 103 Å². The Labute approximate surface area is 765 Å². The van der Waals surface area contributed by atoms with Crippen molar-refractivity contribution in [1.29, 1.82) is 5.26 Å². The van der Waals surface area contributed by atoms with Gasteiger partial charge >= 0.3 is 24.7 Å². The van der Waals surface area contributed by atoms with E-state index in [9.17, 15) is 86.6 Å². The highest BCUT2D eigenvalue weighted by Gasteiger charge is 2.53. The van der Waals surface area contributed by atoms with Gasteiger partial charge in [0.25, 0.3) is 23.6 Å². The van der Waals surface area contributed by atoms with Crippen molar-refractivity contribution in [2.75, 3.05) is 107 Å². The number of aromatic nitrogens is 4. The number of halogens is 14.